The second kappa shape index (κ2) is 9.30. The van der Waals surface area contributed by atoms with Gasteiger partial charge in [-0.2, -0.15) is 0 Å². The number of carbonyl (C=O) groups excluding carboxylic acids is 1. The quantitative estimate of drug-likeness (QED) is 0.653. The van der Waals surface area contributed by atoms with E-state index in [-0.39, 0.29) is 5.91 Å². The van der Waals surface area contributed by atoms with E-state index in [0.29, 0.717) is 24.8 Å². The van der Waals surface area contributed by atoms with Gasteiger partial charge in [-0.05, 0) is 42.2 Å². The van der Waals surface area contributed by atoms with E-state index < -0.39 is 0 Å². The molecule has 0 spiro atoms. The number of benzene rings is 1. The third-order valence-corrected chi connectivity index (χ3v) is 4.61. The van der Waals surface area contributed by atoms with Crippen LogP contribution in [0.25, 0.3) is 0 Å². The minimum Gasteiger partial charge on any atom is -0.497 e. The zero-order valence-electron chi connectivity index (χ0n) is 15.7. The third-order valence-electron chi connectivity index (χ3n) is 4.61. The zero-order chi connectivity index (χ0) is 18.2. The van der Waals surface area contributed by atoms with Crippen molar-refractivity contribution in [2.75, 3.05) is 13.7 Å². The first-order chi connectivity index (χ1) is 12.0. The molecule has 2 aromatic rings. The number of rotatable bonds is 9. The van der Waals surface area contributed by atoms with Crippen molar-refractivity contribution in [3.8, 4) is 5.75 Å². The molecule has 0 unspecified atom stereocenters. The molecular formula is C21H29NO3. The Balaban J connectivity index is 2.05. The zero-order valence-corrected chi connectivity index (χ0v) is 15.7. The summed E-state index contributed by atoms with van der Waals surface area (Å²) in [4.78, 5) is 14.3. The lowest BCUT2D eigenvalue weighted by molar-refractivity contribution is -0.131. The van der Waals surface area contributed by atoms with Gasteiger partial charge in [-0.15, -0.1) is 0 Å². The average molecular weight is 343 g/mol. The Morgan fingerprint density at radius 3 is 2.44 bits per heavy atom. The van der Waals surface area contributed by atoms with E-state index >= 15 is 0 Å². The number of carbonyl (C=O) groups is 1. The highest BCUT2D eigenvalue weighted by molar-refractivity contribution is 5.75. The molecule has 0 aliphatic heterocycles. The Hall–Kier alpha value is -2.23. The van der Waals surface area contributed by atoms with Crippen molar-refractivity contribution in [2.45, 2.75) is 46.1 Å². The molecule has 0 saturated carbocycles. The Kier molecular flexibility index (Phi) is 7.11. The number of hydrogen-bond acceptors (Lipinski definition) is 3. The molecule has 1 atom stereocenters. The van der Waals surface area contributed by atoms with E-state index in [1.54, 1.807) is 13.4 Å². The van der Waals surface area contributed by atoms with Crippen molar-refractivity contribution >= 4 is 5.91 Å². The van der Waals surface area contributed by atoms with Gasteiger partial charge in [0.25, 0.3) is 0 Å². The highest BCUT2D eigenvalue weighted by Gasteiger charge is 2.21. The summed E-state index contributed by atoms with van der Waals surface area (Å²) in [5.74, 6) is 2.79. The van der Waals surface area contributed by atoms with E-state index in [4.69, 9.17) is 9.15 Å². The van der Waals surface area contributed by atoms with Crippen LogP contribution in [0.15, 0.2) is 47.1 Å². The Morgan fingerprint density at radius 1 is 1.20 bits per heavy atom. The lowest BCUT2D eigenvalue weighted by atomic mass is 9.90. The van der Waals surface area contributed by atoms with Gasteiger partial charge in [-0.25, -0.2) is 0 Å². The van der Waals surface area contributed by atoms with Gasteiger partial charge in [-0.3, -0.25) is 4.79 Å². The number of methoxy groups -OCH3 is 1. The van der Waals surface area contributed by atoms with Crippen LogP contribution in [-0.4, -0.2) is 24.5 Å². The molecule has 0 fully saturated rings. The van der Waals surface area contributed by atoms with Gasteiger partial charge in [-0.1, -0.05) is 32.9 Å². The fourth-order valence-electron chi connectivity index (χ4n) is 3.07. The second-order valence-electron chi connectivity index (χ2n) is 6.67. The van der Waals surface area contributed by atoms with E-state index in [2.05, 4.69) is 13.8 Å². The molecule has 0 saturated heterocycles. The van der Waals surface area contributed by atoms with Crippen LogP contribution in [0.4, 0.5) is 0 Å². The van der Waals surface area contributed by atoms with Crippen molar-refractivity contribution in [1.82, 2.24) is 4.90 Å². The molecule has 2 rings (SSSR count). The number of ether oxygens (including phenoxy) is 1. The maximum absolute atomic E-state index is 12.4. The smallest absolute Gasteiger partial charge is 0.222 e. The molecule has 1 aromatic carbocycles. The maximum Gasteiger partial charge on any atom is 0.222 e. The summed E-state index contributed by atoms with van der Waals surface area (Å²) >= 11 is 0. The molecule has 0 N–H and O–H groups in total. The fourth-order valence-corrected chi connectivity index (χ4v) is 3.07. The van der Waals surface area contributed by atoms with Crippen LogP contribution in [0.3, 0.4) is 0 Å². The fraction of sp³-hybridized carbons (Fsp3) is 0.476. The number of furan rings is 1. The molecule has 0 aliphatic carbocycles. The van der Waals surface area contributed by atoms with Crippen LogP contribution < -0.4 is 4.74 Å². The number of nitrogens with zero attached hydrogens (tertiary/aromatic N) is 1. The molecule has 1 aromatic heterocycles. The summed E-state index contributed by atoms with van der Waals surface area (Å²) in [6.45, 7) is 7.66. The van der Waals surface area contributed by atoms with Crippen molar-refractivity contribution < 1.29 is 13.9 Å². The first-order valence-corrected chi connectivity index (χ1v) is 8.99. The summed E-state index contributed by atoms with van der Waals surface area (Å²) in [6.07, 6.45) is 3.13. The summed E-state index contributed by atoms with van der Waals surface area (Å²) in [7, 11) is 1.66. The molecule has 136 valence electrons. The van der Waals surface area contributed by atoms with Crippen molar-refractivity contribution in [3.05, 3.63) is 54.0 Å². The monoisotopic (exact) mass is 343 g/mol. The summed E-state index contributed by atoms with van der Waals surface area (Å²) in [5, 5.41) is 0. The molecule has 4 heteroatoms. The predicted molar refractivity (Wildman–Crippen MR) is 99.6 cm³/mol. The Bertz CT molecular complexity index is 632. The number of hydrogen-bond donors (Lipinski definition) is 0. The van der Waals surface area contributed by atoms with Crippen LogP contribution >= 0.6 is 0 Å². The van der Waals surface area contributed by atoms with E-state index in [1.807, 2.05) is 48.2 Å². The Labute approximate surface area is 150 Å². The molecule has 25 heavy (non-hydrogen) atoms. The van der Waals surface area contributed by atoms with Crippen molar-refractivity contribution in [2.24, 2.45) is 5.92 Å². The van der Waals surface area contributed by atoms with Crippen LogP contribution in [0, 0.1) is 5.92 Å². The van der Waals surface area contributed by atoms with Crippen LogP contribution in [-0.2, 0) is 11.3 Å². The van der Waals surface area contributed by atoms with Gasteiger partial charge in [0.05, 0.1) is 13.4 Å². The lowest BCUT2D eigenvalue weighted by Crippen LogP contribution is -2.32. The van der Waals surface area contributed by atoms with Crippen LogP contribution in [0.2, 0.25) is 0 Å². The van der Waals surface area contributed by atoms with Crippen LogP contribution in [0.5, 0.6) is 5.75 Å². The highest BCUT2D eigenvalue weighted by Crippen LogP contribution is 2.28. The minimum atomic E-state index is 0.178. The topological polar surface area (TPSA) is 42.7 Å². The second-order valence-corrected chi connectivity index (χ2v) is 6.67. The molecular weight excluding hydrogens is 314 g/mol. The van der Waals surface area contributed by atoms with Crippen molar-refractivity contribution in [1.29, 1.82) is 0 Å². The first-order valence-electron chi connectivity index (χ1n) is 8.99. The normalized spacial score (nSPS) is 12.2. The molecule has 4 nitrogen and oxygen atoms in total. The number of amides is 1. The largest absolute Gasteiger partial charge is 0.497 e. The highest BCUT2D eigenvalue weighted by atomic mass is 16.5. The van der Waals surface area contributed by atoms with Crippen LogP contribution in [0.1, 0.15) is 50.9 Å². The Morgan fingerprint density at radius 2 is 1.92 bits per heavy atom. The van der Waals surface area contributed by atoms with Crippen molar-refractivity contribution in [3.63, 3.8) is 0 Å². The van der Waals surface area contributed by atoms with Gasteiger partial charge >= 0.3 is 0 Å². The summed E-state index contributed by atoms with van der Waals surface area (Å²) < 4.78 is 10.8. The van der Waals surface area contributed by atoms with Gasteiger partial charge in [0.15, 0.2) is 0 Å². The lowest BCUT2D eigenvalue weighted by Gasteiger charge is -2.26. The van der Waals surface area contributed by atoms with Gasteiger partial charge < -0.3 is 14.1 Å². The summed E-state index contributed by atoms with van der Waals surface area (Å²) in [6, 6.07) is 11.9. The molecule has 0 aliphatic rings. The standard InChI is InChI=1S/C21H29NO3/c1-5-21(23)22(15-17-8-10-18(24-4)11-9-17)13-12-19(16(2)3)20-7-6-14-25-20/h6-11,14,16,19H,5,12-13,15H2,1-4H3/t19-/m1/s1. The van der Waals surface area contributed by atoms with Gasteiger partial charge in [0.1, 0.15) is 11.5 Å². The molecule has 1 heterocycles. The van der Waals surface area contributed by atoms with E-state index in [9.17, 15) is 4.79 Å². The SMILES string of the molecule is CCC(=O)N(CC[C@@H](c1ccco1)C(C)C)Cc1ccc(OC)cc1. The minimum absolute atomic E-state index is 0.178. The van der Waals surface area contributed by atoms with E-state index in [0.717, 1.165) is 30.0 Å². The molecule has 0 radical (unpaired) electrons. The van der Waals surface area contributed by atoms with Gasteiger partial charge in [0.2, 0.25) is 5.91 Å². The van der Waals surface area contributed by atoms with Gasteiger partial charge in [0, 0.05) is 25.4 Å². The molecule has 1 amide bonds. The summed E-state index contributed by atoms with van der Waals surface area (Å²) in [5.41, 5.74) is 1.11. The first kappa shape index (κ1) is 19.1. The van der Waals surface area contributed by atoms with E-state index in [1.165, 1.54) is 0 Å². The predicted octanol–water partition coefficient (Wildman–Crippen LogP) is 4.86. The maximum atomic E-state index is 12.4. The molecule has 0 bridgehead atoms. The average Bonchev–Trinajstić information content (AvgIpc) is 3.14. The third kappa shape index (κ3) is 5.38.